The molecule has 108 valence electrons. The van der Waals surface area contributed by atoms with Crippen LogP contribution in [0.4, 0.5) is 5.69 Å². The molecule has 0 unspecified atom stereocenters. The van der Waals surface area contributed by atoms with Crippen LogP contribution in [0, 0.1) is 5.92 Å². The van der Waals surface area contributed by atoms with Gasteiger partial charge in [0.05, 0.1) is 15.7 Å². The van der Waals surface area contributed by atoms with Crippen LogP contribution in [0.1, 0.15) is 23.2 Å². The molecular weight excluding hydrogens is 301 g/mol. The molecule has 2 rings (SSSR count). The first-order valence-corrected chi connectivity index (χ1v) is 7.05. The predicted octanol–water partition coefficient (Wildman–Crippen LogP) is 1.83. The Morgan fingerprint density at radius 2 is 1.85 bits per heavy atom. The maximum atomic E-state index is 11.9. The minimum Gasteiger partial charge on any atom is -0.397 e. The molecule has 1 aliphatic rings. The van der Waals surface area contributed by atoms with Gasteiger partial charge in [0.2, 0.25) is 5.91 Å². The van der Waals surface area contributed by atoms with E-state index in [1.54, 1.807) is 0 Å². The van der Waals surface area contributed by atoms with Gasteiger partial charge in [-0.05, 0) is 25.0 Å². The van der Waals surface area contributed by atoms with Crippen LogP contribution in [0.25, 0.3) is 0 Å². The van der Waals surface area contributed by atoms with Gasteiger partial charge in [-0.3, -0.25) is 9.59 Å². The van der Waals surface area contributed by atoms with Crippen molar-refractivity contribution in [1.82, 2.24) is 10.6 Å². The molecule has 1 aromatic rings. The van der Waals surface area contributed by atoms with Crippen molar-refractivity contribution in [2.75, 3.05) is 18.8 Å². The third-order valence-corrected chi connectivity index (χ3v) is 3.79. The third-order valence-electron chi connectivity index (χ3n) is 2.98. The summed E-state index contributed by atoms with van der Waals surface area (Å²) in [7, 11) is 0. The monoisotopic (exact) mass is 315 g/mol. The Hall–Kier alpha value is -1.46. The number of amides is 2. The fourth-order valence-corrected chi connectivity index (χ4v) is 2.03. The minimum atomic E-state index is -0.309. The largest absolute Gasteiger partial charge is 0.397 e. The number of nitrogens with two attached hydrogens (primary N) is 1. The van der Waals surface area contributed by atoms with Crippen LogP contribution in [0.5, 0.6) is 0 Å². The summed E-state index contributed by atoms with van der Waals surface area (Å²) in [5, 5.41) is 5.91. The highest BCUT2D eigenvalue weighted by Crippen LogP contribution is 2.29. The summed E-state index contributed by atoms with van der Waals surface area (Å²) in [6.07, 6.45) is 1.92. The minimum absolute atomic E-state index is 0.0537. The van der Waals surface area contributed by atoms with Crippen molar-refractivity contribution >= 4 is 40.7 Å². The third kappa shape index (κ3) is 3.77. The summed E-state index contributed by atoms with van der Waals surface area (Å²) in [4.78, 5) is 23.2. The smallest absolute Gasteiger partial charge is 0.251 e. The van der Waals surface area contributed by atoms with Crippen LogP contribution in [0.2, 0.25) is 10.0 Å². The van der Waals surface area contributed by atoms with Crippen molar-refractivity contribution in [2.24, 2.45) is 5.92 Å². The van der Waals surface area contributed by atoms with E-state index in [4.69, 9.17) is 28.9 Å². The molecule has 0 radical (unpaired) electrons. The van der Waals surface area contributed by atoms with Gasteiger partial charge in [0.15, 0.2) is 0 Å². The number of halogens is 2. The van der Waals surface area contributed by atoms with E-state index in [-0.39, 0.29) is 33.5 Å². The Bertz CT molecular complexity index is 521. The quantitative estimate of drug-likeness (QED) is 0.572. The van der Waals surface area contributed by atoms with E-state index in [1.165, 1.54) is 12.1 Å². The number of carbonyl (C=O) groups excluding carboxylic acids is 2. The van der Waals surface area contributed by atoms with Gasteiger partial charge in [0.1, 0.15) is 0 Å². The van der Waals surface area contributed by atoms with Crippen LogP contribution in [0.15, 0.2) is 12.1 Å². The summed E-state index contributed by atoms with van der Waals surface area (Å²) in [5.74, 6) is -0.0884. The number of carbonyl (C=O) groups is 2. The van der Waals surface area contributed by atoms with Crippen molar-refractivity contribution in [2.45, 2.75) is 12.8 Å². The molecule has 5 nitrogen and oxygen atoms in total. The number of nitrogens with one attached hydrogen (secondary N) is 2. The molecule has 7 heteroatoms. The van der Waals surface area contributed by atoms with Gasteiger partial charge < -0.3 is 16.4 Å². The zero-order valence-corrected chi connectivity index (χ0v) is 12.2. The van der Waals surface area contributed by atoms with E-state index in [2.05, 4.69) is 10.6 Å². The molecule has 20 heavy (non-hydrogen) atoms. The average molecular weight is 316 g/mol. The molecule has 0 aliphatic heterocycles. The van der Waals surface area contributed by atoms with Crippen molar-refractivity contribution < 1.29 is 9.59 Å². The fourth-order valence-electron chi connectivity index (χ4n) is 1.70. The lowest BCUT2D eigenvalue weighted by molar-refractivity contribution is -0.122. The first-order valence-electron chi connectivity index (χ1n) is 6.29. The second-order valence-electron chi connectivity index (χ2n) is 4.68. The lowest BCUT2D eigenvalue weighted by Crippen LogP contribution is -2.35. The summed E-state index contributed by atoms with van der Waals surface area (Å²) in [5.41, 5.74) is 6.23. The number of hydrogen-bond acceptors (Lipinski definition) is 3. The SMILES string of the molecule is Nc1cc(C(=O)NCCNC(=O)C2CC2)cc(Cl)c1Cl. The van der Waals surface area contributed by atoms with Gasteiger partial charge >= 0.3 is 0 Å². The predicted molar refractivity (Wildman–Crippen MR) is 78.9 cm³/mol. The van der Waals surface area contributed by atoms with Crippen LogP contribution in [0.3, 0.4) is 0 Å². The second-order valence-corrected chi connectivity index (χ2v) is 5.47. The van der Waals surface area contributed by atoms with Gasteiger partial charge in [-0.2, -0.15) is 0 Å². The number of anilines is 1. The van der Waals surface area contributed by atoms with E-state index in [0.29, 0.717) is 18.7 Å². The first-order chi connectivity index (χ1) is 9.49. The van der Waals surface area contributed by atoms with Gasteiger partial charge in [0.25, 0.3) is 5.91 Å². The van der Waals surface area contributed by atoms with Gasteiger partial charge in [-0.15, -0.1) is 0 Å². The van der Waals surface area contributed by atoms with Crippen molar-refractivity contribution in [3.05, 3.63) is 27.7 Å². The Kier molecular flexibility index (Phi) is 4.73. The molecule has 1 aromatic carbocycles. The highest BCUT2D eigenvalue weighted by Gasteiger charge is 2.28. The molecular formula is C13H15Cl2N3O2. The van der Waals surface area contributed by atoms with E-state index in [0.717, 1.165) is 12.8 Å². The summed E-state index contributed by atoms with van der Waals surface area (Å²) in [6.45, 7) is 0.745. The molecule has 0 heterocycles. The van der Waals surface area contributed by atoms with Crippen molar-refractivity contribution in [3.63, 3.8) is 0 Å². The average Bonchev–Trinajstić information content (AvgIpc) is 3.24. The number of nitrogen functional groups attached to an aromatic ring is 1. The maximum Gasteiger partial charge on any atom is 0.251 e. The fraction of sp³-hybridized carbons (Fsp3) is 0.385. The molecule has 1 aliphatic carbocycles. The maximum absolute atomic E-state index is 11.9. The Morgan fingerprint density at radius 1 is 1.20 bits per heavy atom. The number of benzene rings is 1. The zero-order valence-electron chi connectivity index (χ0n) is 10.7. The zero-order chi connectivity index (χ0) is 14.7. The molecule has 0 bridgehead atoms. The first kappa shape index (κ1) is 14.9. The molecule has 0 atom stereocenters. The molecule has 4 N–H and O–H groups in total. The Labute approximate surface area is 126 Å². The van der Waals surface area contributed by atoms with Gasteiger partial charge in [0, 0.05) is 24.6 Å². The lowest BCUT2D eigenvalue weighted by Gasteiger charge is -2.08. The summed E-state index contributed by atoms with van der Waals surface area (Å²) < 4.78 is 0. The van der Waals surface area contributed by atoms with E-state index < -0.39 is 0 Å². The van der Waals surface area contributed by atoms with E-state index in [9.17, 15) is 9.59 Å². The van der Waals surface area contributed by atoms with Gasteiger partial charge in [-0.1, -0.05) is 23.2 Å². The molecule has 2 amide bonds. The Balaban J connectivity index is 1.81. The summed E-state index contributed by atoms with van der Waals surface area (Å²) >= 11 is 11.7. The molecule has 0 aromatic heterocycles. The number of rotatable bonds is 5. The second kappa shape index (κ2) is 6.33. The highest BCUT2D eigenvalue weighted by molar-refractivity contribution is 6.43. The Morgan fingerprint density at radius 3 is 2.45 bits per heavy atom. The van der Waals surface area contributed by atoms with Crippen LogP contribution in [-0.2, 0) is 4.79 Å². The van der Waals surface area contributed by atoms with Crippen molar-refractivity contribution in [3.8, 4) is 0 Å². The molecule has 1 saturated carbocycles. The van der Waals surface area contributed by atoms with Crippen LogP contribution >= 0.6 is 23.2 Å². The van der Waals surface area contributed by atoms with Crippen molar-refractivity contribution in [1.29, 1.82) is 0 Å². The van der Waals surface area contributed by atoms with E-state index in [1.807, 2.05) is 0 Å². The lowest BCUT2D eigenvalue weighted by atomic mass is 10.2. The van der Waals surface area contributed by atoms with Crippen LogP contribution < -0.4 is 16.4 Å². The van der Waals surface area contributed by atoms with E-state index >= 15 is 0 Å². The molecule has 1 fully saturated rings. The van der Waals surface area contributed by atoms with Crippen LogP contribution in [-0.4, -0.2) is 24.9 Å². The summed E-state index contributed by atoms with van der Waals surface area (Å²) in [6, 6.07) is 2.92. The topological polar surface area (TPSA) is 84.2 Å². The highest BCUT2D eigenvalue weighted by atomic mass is 35.5. The number of hydrogen-bond donors (Lipinski definition) is 3. The molecule has 0 spiro atoms. The normalized spacial score (nSPS) is 13.9. The standard InChI is InChI=1S/C13H15Cl2N3O2/c14-9-5-8(6-10(16)11(9)15)13(20)18-4-3-17-12(19)7-1-2-7/h5-7H,1-4,16H2,(H,17,19)(H,18,20). The van der Waals surface area contributed by atoms with Gasteiger partial charge in [-0.25, -0.2) is 0 Å². The molecule has 0 saturated heterocycles.